The van der Waals surface area contributed by atoms with Gasteiger partial charge < -0.3 is 9.47 Å². The normalized spacial score (nSPS) is 17.0. The Hall–Kier alpha value is -1.80. The second kappa shape index (κ2) is 7.85. The fourth-order valence-corrected chi connectivity index (χ4v) is 3.82. The summed E-state index contributed by atoms with van der Waals surface area (Å²) in [6, 6.07) is 13.9. The molecule has 3 rings (SSSR count). The van der Waals surface area contributed by atoms with Crippen molar-refractivity contribution in [2.24, 2.45) is 0 Å². The van der Waals surface area contributed by atoms with Crippen LogP contribution >= 0.6 is 0 Å². The van der Waals surface area contributed by atoms with Crippen molar-refractivity contribution in [3.8, 4) is 0 Å². The molecule has 1 N–H and O–H groups in total. The van der Waals surface area contributed by atoms with Gasteiger partial charge in [0.05, 0.1) is 13.2 Å². The summed E-state index contributed by atoms with van der Waals surface area (Å²) in [6.07, 6.45) is 2.38. The number of hydrogen-bond donors (Lipinski definition) is 1. The number of ether oxygens (including phenoxy) is 2. The highest BCUT2D eigenvalue weighted by Gasteiger charge is 2.24. The molecular weight excluding hydrogens is 328 g/mol. The fraction of sp³-hybridized carbons (Fsp3) is 0.353. The van der Waals surface area contributed by atoms with Crippen LogP contribution < -0.4 is 4.72 Å². The average Bonchev–Trinajstić information content (AvgIpc) is 3.14. The van der Waals surface area contributed by atoms with Crippen LogP contribution in [0.3, 0.4) is 0 Å². The molecule has 1 aliphatic heterocycles. The van der Waals surface area contributed by atoms with Gasteiger partial charge >= 0.3 is 0 Å². The minimum atomic E-state index is -3.70. The number of aromatic nitrogens is 1. The summed E-state index contributed by atoms with van der Waals surface area (Å²) in [4.78, 5) is 3.93. The number of benzene rings is 1. The monoisotopic (exact) mass is 348 g/mol. The lowest BCUT2D eigenvalue weighted by molar-refractivity contribution is -0.0489. The Morgan fingerprint density at radius 2 is 1.79 bits per heavy atom. The summed E-state index contributed by atoms with van der Waals surface area (Å²) in [7, 11) is -3.70. The summed E-state index contributed by atoms with van der Waals surface area (Å²) >= 11 is 0. The first-order valence-electron chi connectivity index (χ1n) is 7.87. The van der Waals surface area contributed by atoms with Gasteiger partial charge in [-0.15, -0.1) is 0 Å². The first-order chi connectivity index (χ1) is 11.6. The molecule has 1 aliphatic rings. The highest BCUT2D eigenvalue weighted by atomic mass is 32.2. The van der Waals surface area contributed by atoms with Gasteiger partial charge in [0.15, 0.2) is 11.3 Å². The Morgan fingerprint density at radius 3 is 2.46 bits per heavy atom. The van der Waals surface area contributed by atoms with E-state index in [2.05, 4.69) is 9.71 Å². The molecule has 0 aliphatic carbocycles. The lowest BCUT2D eigenvalue weighted by Gasteiger charge is -2.20. The molecule has 0 bridgehead atoms. The maximum Gasteiger partial charge on any atom is 0.258 e. The van der Waals surface area contributed by atoms with Crippen LogP contribution in [0.4, 0.5) is 0 Å². The van der Waals surface area contributed by atoms with Crippen LogP contribution in [0, 0.1) is 0 Å². The Kier molecular flexibility index (Phi) is 5.57. The minimum Gasteiger partial charge on any atom is -0.350 e. The molecule has 0 amide bonds. The molecule has 0 spiro atoms. The topological polar surface area (TPSA) is 77.5 Å². The van der Waals surface area contributed by atoms with Crippen molar-refractivity contribution in [3.63, 3.8) is 0 Å². The zero-order valence-electron chi connectivity index (χ0n) is 13.2. The van der Waals surface area contributed by atoms with Crippen molar-refractivity contribution < 1.29 is 17.9 Å². The third kappa shape index (κ3) is 4.39. The van der Waals surface area contributed by atoms with Crippen LogP contribution in [-0.2, 0) is 19.5 Å². The molecule has 2 heterocycles. The maximum absolute atomic E-state index is 12.6. The molecular formula is C17H20N2O4S. The minimum absolute atomic E-state index is 0.0132. The number of sulfonamides is 1. The van der Waals surface area contributed by atoms with Crippen molar-refractivity contribution in [3.05, 3.63) is 60.3 Å². The largest absolute Gasteiger partial charge is 0.350 e. The number of nitrogens with one attached hydrogen (secondary N) is 1. The lowest BCUT2D eigenvalue weighted by Crippen LogP contribution is -2.30. The van der Waals surface area contributed by atoms with E-state index in [1.807, 2.05) is 30.3 Å². The van der Waals surface area contributed by atoms with Crippen LogP contribution in [0.25, 0.3) is 0 Å². The number of pyridine rings is 1. The highest BCUT2D eigenvalue weighted by Crippen LogP contribution is 2.23. The summed E-state index contributed by atoms with van der Waals surface area (Å²) in [5.74, 6) is 0. The van der Waals surface area contributed by atoms with E-state index in [-0.39, 0.29) is 17.4 Å². The summed E-state index contributed by atoms with van der Waals surface area (Å²) in [5.41, 5.74) is 0.898. The second-order valence-electron chi connectivity index (χ2n) is 5.50. The summed E-state index contributed by atoms with van der Waals surface area (Å²) < 4.78 is 38.8. The summed E-state index contributed by atoms with van der Waals surface area (Å²) in [6.45, 7) is 1.17. The van der Waals surface area contributed by atoms with E-state index in [9.17, 15) is 8.42 Å². The smallest absolute Gasteiger partial charge is 0.258 e. The van der Waals surface area contributed by atoms with Crippen LogP contribution in [0.5, 0.6) is 0 Å². The van der Waals surface area contributed by atoms with E-state index < -0.39 is 10.0 Å². The van der Waals surface area contributed by atoms with Crippen molar-refractivity contribution in [1.82, 2.24) is 9.71 Å². The third-order valence-electron chi connectivity index (χ3n) is 3.79. The van der Waals surface area contributed by atoms with Crippen molar-refractivity contribution in [1.29, 1.82) is 0 Å². The third-order valence-corrected chi connectivity index (χ3v) is 5.18. The zero-order valence-corrected chi connectivity index (χ0v) is 14.0. The Labute approximate surface area is 141 Å². The van der Waals surface area contributed by atoms with Crippen LogP contribution in [0.1, 0.15) is 24.4 Å². The molecule has 2 aromatic rings. The molecule has 1 saturated heterocycles. The molecule has 1 atom stereocenters. The number of nitrogens with zero attached hydrogens (tertiary/aromatic N) is 1. The molecule has 6 nitrogen and oxygen atoms in total. The molecule has 1 aromatic carbocycles. The number of hydrogen-bond acceptors (Lipinski definition) is 5. The molecule has 0 radical (unpaired) electrons. The highest BCUT2D eigenvalue weighted by molar-refractivity contribution is 7.89. The van der Waals surface area contributed by atoms with Gasteiger partial charge in [-0.3, -0.25) is 0 Å². The van der Waals surface area contributed by atoms with Crippen molar-refractivity contribution >= 4 is 10.0 Å². The van der Waals surface area contributed by atoms with Gasteiger partial charge in [0, 0.05) is 18.7 Å². The van der Waals surface area contributed by atoms with Crippen molar-refractivity contribution in [2.45, 2.75) is 30.2 Å². The second-order valence-corrected chi connectivity index (χ2v) is 7.16. The Balaban J connectivity index is 1.76. The van der Waals surface area contributed by atoms with Gasteiger partial charge in [-0.2, -0.15) is 0 Å². The van der Waals surface area contributed by atoms with Crippen LogP contribution in [-0.4, -0.2) is 32.9 Å². The molecule has 128 valence electrons. The van der Waals surface area contributed by atoms with Crippen molar-refractivity contribution in [2.75, 3.05) is 13.2 Å². The quantitative estimate of drug-likeness (QED) is 0.830. The van der Waals surface area contributed by atoms with E-state index in [4.69, 9.17) is 9.47 Å². The van der Waals surface area contributed by atoms with Gasteiger partial charge in [-0.25, -0.2) is 18.1 Å². The molecule has 0 saturated carbocycles. The van der Waals surface area contributed by atoms with E-state index in [0.717, 1.165) is 5.56 Å². The van der Waals surface area contributed by atoms with Gasteiger partial charge in [0.2, 0.25) is 0 Å². The first kappa shape index (κ1) is 17.0. The predicted molar refractivity (Wildman–Crippen MR) is 88.7 cm³/mol. The number of rotatable bonds is 7. The standard InChI is InChI=1S/C17H20N2O4S/c20-24(21,16-8-4-5-11-18-16)19-15(14-6-2-1-3-7-14)9-10-17-22-12-13-23-17/h1-8,11,15,17,19H,9-10,12-13H2. The zero-order chi connectivity index (χ0) is 16.8. The van der Waals surface area contributed by atoms with E-state index in [1.54, 1.807) is 12.1 Å². The fourth-order valence-electron chi connectivity index (χ4n) is 2.61. The Morgan fingerprint density at radius 1 is 1.08 bits per heavy atom. The first-order valence-corrected chi connectivity index (χ1v) is 9.35. The average molecular weight is 348 g/mol. The Bertz CT molecular complexity index is 732. The lowest BCUT2D eigenvalue weighted by atomic mass is 10.0. The van der Waals surface area contributed by atoms with Gasteiger partial charge in [0.25, 0.3) is 10.0 Å². The van der Waals surface area contributed by atoms with Crippen LogP contribution in [0.2, 0.25) is 0 Å². The van der Waals surface area contributed by atoms with Gasteiger partial charge in [-0.1, -0.05) is 36.4 Å². The predicted octanol–water partition coefficient (Wildman–Crippen LogP) is 2.25. The molecule has 1 fully saturated rings. The molecule has 1 aromatic heterocycles. The van der Waals surface area contributed by atoms with E-state index in [1.165, 1.54) is 12.3 Å². The molecule has 1 unspecified atom stereocenters. The van der Waals surface area contributed by atoms with Gasteiger partial charge in [0.1, 0.15) is 0 Å². The maximum atomic E-state index is 12.6. The SMILES string of the molecule is O=S(=O)(NC(CCC1OCCO1)c1ccccc1)c1ccccn1. The van der Waals surface area contributed by atoms with E-state index in [0.29, 0.717) is 26.1 Å². The summed E-state index contributed by atoms with van der Waals surface area (Å²) in [5, 5.41) is 0.0132. The molecule has 7 heteroatoms. The van der Waals surface area contributed by atoms with Gasteiger partial charge in [-0.05, 0) is 24.1 Å². The molecule has 24 heavy (non-hydrogen) atoms. The van der Waals surface area contributed by atoms with E-state index >= 15 is 0 Å². The van der Waals surface area contributed by atoms with Crippen LogP contribution in [0.15, 0.2) is 59.8 Å².